The predicted molar refractivity (Wildman–Crippen MR) is 117 cm³/mol. The molecule has 1 aromatic heterocycles. The van der Waals surface area contributed by atoms with Gasteiger partial charge in [-0.1, -0.05) is 48.5 Å². The molecule has 29 heavy (non-hydrogen) atoms. The van der Waals surface area contributed by atoms with E-state index in [2.05, 4.69) is 36.1 Å². The molecule has 0 amide bonds. The molecule has 140 valence electrons. The first-order valence-electron chi connectivity index (χ1n) is 9.48. The average molecular weight is 396 g/mol. The van der Waals surface area contributed by atoms with Gasteiger partial charge in [0.05, 0.1) is 23.0 Å². The molecule has 4 nitrogen and oxygen atoms in total. The fraction of sp³-hybridized carbons (Fsp3) is 0.0833. The number of anilines is 1. The van der Waals surface area contributed by atoms with Crippen LogP contribution in [0.15, 0.2) is 91.9 Å². The van der Waals surface area contributed by atoms with Crippen molar-refractivity contribution in [2.45, 2.75) is 17.9 Å². The molecule has 3 aromatic carbocycles. The van der Waals surface area contributed by atoms with Crippen molar-refractivity contribution in [3.05, 3.63) is 99.9 Å². The van der Waals surface area contributed by atoms with E-state index in [0.29, 0.717) is 11.1 Å². The maximum Gasteiger partial charge on any atom is 0.344 e. The van der Waals surface area contributed by atoms with Crippen LogP contribution in [-0.2, 0) is 0 Å². The van der Waals surface area contributed by atoms with Gasteiger partial charge < -0.3 is 9.32 Å². The van der Waals surface area contributed by atoms with E-state index in [9.17, 15) is 4.79 Å². The molecule has 2 aliphatic heterocycles. The Kier molecular flexibility index (Phi) is 3.49. The summed E-state index contributed by atoms with van der Waals surface area (Å²) in [6, 6.07) is 23.8. The van der Waals surface area contributed by atoms with Crippen molar-refractivity contribution >= 4 is 39.3 Å². The van der Waals surface area contributed by atoms with E-state index in [1.54, 1.807) is 11.8 Å². The Balaban J connectivity index is 1.74. The van der Waals surface area contributed by atoms with Crippen LogP contribution in [0.2, 0.25) is 0 Å². The molecule has 1 atom stereocenters. The largest absolute Gasteiger partial charge is 0.422 e. The molecule has 0 aliphatic carbocycles. The molecule has 0 spiro atoms. The highest BCUT2D eigenvalue weighted by Crippen LogP contribution is 2.52. The SMILES string of the molecule is Cc1ccccc1C1c2c(c3ccccc3oc2=O)N=C2Sc3ccccc3N21. The van der Waals surface area contributed by atoms with Gasteiger partial charge in [0.2, 0.25) is 0 Å². The zero-order valence-electron chi connectivity index (χ0n) is 15.6. The van der Waals surface area contributed by atoms with E-state index >= 15 is 0 Å². The predicted octanol–water partition coefficient (Wildman–Crippen LogP) is 5.80. The van der Waals surface area contributed by atoms with Gasteiger partial charge in [-0.05, 0) is 54.1 Å². The summed E-state index contributed by atoms with van der Waals surface area (Å²) in [5.41, 5.74) is 4.84. The Morgan fingerprint density at radius 3 is 2.62 bits per heavy atom. The first-order valence-corrected chi connectivity index (χ1v) is 10.3. The minimum absolute atomic E-state index is 0.282. The number of benzene rings is 3. The van der Waals surface area contributed by atoms with Gasteiger partial charge in [-0.15, -0.1) is 0 Å². The quantitative estimate of drug-likeness (QED) is 0.381. The third-order valence-corrected chi connectivity index (χ3v) is 6.61. The highest BCUT2D eigenvalue weighted by molar-refractivity contribution is 8.14. The van der Waals surface area contributed by atoms with Crippen LogP contribution in [0, 0.1) is 6.92 Å². The van der Waals surface area contributed by atoms with Crippen molar-refractivity contribution in [1.29, 1.82) is 0 Å². The molecular formula is C24H16N2O2S. The zero-order chi connectivity index (χ0) is 19.5. The van der Waals surface area contributed by atoms with Crippen molar-refractivity contribution in [2.75, 3.05) is 4.90 Å². The molecule has 5 heteroatoms. The van der Waals surface area contributed by atoms with Gasteiger partial charge in [-0.25, -0.2) is 9.79 Å². The Bertz CT molecular complexity index is 1390. The van der Waals surface area contributed by atoms with Gasteiger partial charge in [0.15, 0.2) is 5.17 Å². The molecular weight excluding hydrogens is 380 g/mol. The fourth-order valence-corrected chi connectivity index (χ4v) is 5.29. The third-order valence-electron chi connectivity index (χ3n) is 5.57. The summed E-state index contributed by atoms with van der Waals surface area (Å²) in [5.74, 6) is 0. The van der Waals surface area contributed by atoms with Crippen LogP contribution in [0.25, 0.3) is 11.0 Å². The second kappa shape index (κ2) is 6.09. The monoisotopic (exact) mass is 396 g/mol. The van der Waals surface area contributed by atoms with Gasteiger partial charge in [0.25, 0.3) is 0 Å². The van der Waals surface area contributed by atoms with Crippen molar-refractivity contribution in [2.24, 2.45) is 4.99 Å². The van der Waals surface area contributed by atoms with Gasteiger partial charge in [-0.2, -0.15) is 0 Å². The topological polar surface area (TPSA) is 45.8 Å². The summed E-state index contributed by atoms with van der Waals surface area (Å²) >= 11 is 1.65. The normalized spacial score (nSPS) is 16.9. The number of para-hydroxylation sites is 2. The van der Waals surface area contributed by atoms with E-state index in [1.165, 1.54) is 0 Å². The van der Waals surface area contributed by atoms with Crippen LogP contribution in [0.3, 0.4) is 0 Å². The number of amidine groups is 1. The van der Waals surface area contributed by atoms with Crippen molar-refractivity contribution in [3.8, 4) is 0 Å². The lowest BCUT2D eigenvalue weighted by atomic mass is 9.91. The van der Waals surface area contributed by atoms with Crippen molar-refractivity contribution < 1.29 is 4.42 Å². The lowest BCUT2D eigenvalue weighted by molar-refractivity contribution is 0.544. The smallest absolute Gasteiger partial charge is 0.344 e. The standard InChI is InChI=1S/C24H16N2O2S/c1-14-8-2-3-9-15(14)22-20-21(16-10-4-6-12-18(16)28-23(20)27)25-24-26(22)17-11-5-7-13-19(17)29-24/h2-13,22H,1H3. The maximum absolute atomic E-state index is 13.2. The molecule has 2 aliphatic rings. The van der Waals surface area contributed by atoms with Crippen molar-refractivity contribution in [1.82, 2.24) is 0 Å². The van der Waals surface area contributed by atoms with Crippen LogP contribution in [0.4, 0.5) is 11.4 Å². The summed E-state index contributed by atoms with van der Waals surface area (Å²) in [6.07, 6.45) is 0. The number of aliphatic imine (C=N–C) groups is 1. The second-order valence-corrected chi connectivity index (χ2v) is 8.25. The first kappa shape index (κ1) is 16.6. The number of hydrogen-bond donors (Lipinski definition) is 0. The van der Waals surface area contributed by atoms with Gasteiger partial charge in [-0.3, -0.25) is 0 Å². The van der Waals surface area contributed by atoms with E-state index in [1.807, 2.05) is 48.5 Å². The Hall–Kier alpha value is -3.31. The van der Waals surface area contributed by atoms with Crippen LogP contribution in [0.5, 0.6) is 0 Å². The Morgan fingerprint density at radius 2 is 1.72 bits per heavy atom. The molecule has 0 saturated carbocycles. The molecule has 1 unspecified atom stereocenters. The fourth-order valence-electron chi connectivity index (χ4n) is 4.24. The van der Waals surface area contributed by atoms with Gasteiger partial charge in [0, 0.05) is 10.3 Å². The number of nitrogens with zero attached hydrogens (tertiary/aromatic N) is 2. The number of fused-ring (bicyclic) bond motifs is 6. The van der Waals surface area contributed by atoms with Crippen LogP contribution >= 0.6 is 11.8 Å². The second-order valence-electron chi connectivity index (χ2n) is 7.24. The molecule has 6 rings (SSSR count). The summed E-state index contributed by atoms with van der Waals surface area (Å²) in [5, 5.41) is 1.76. The molecule has 0 N–H and O–H groups in total. The number of thioether (sulfide) groups is 1. The van der Waals surface area contributed by atoms with Crippen LogP contribution < -0.4 is 10.5 Å². The summed E-state index contributed by atoms with van der Waals surface area (Å²) in [4.78, 5) is 21.5. The summed E-state index contributed by atoms with van der Waals surface area (Å²) < 4.78 is 5.73. The van der Waals surface area contributed by atoms with Gasteiger partial charge >= 0.3 is 5.63 Å². The first-order chi connectivity index (χ1) is 14.2. The third kappa shape index (κ3) is 2.34. The molecule has 3 heterocycles. The molecule has 0 radical (unpaired) electrons. The maximum atomic E-state index is 13.2. The van der Waals surface area contributed by atoms with Gasteiger partial charge in [0.1, 0.15) is 5.58 Å². The lowest BCUT2D eigenvalue weighted by Crippen LogP contribution is -2.37. The van der Waals surface area contributed by atoms with Crippen LogP contribution in [0.1, 0.15) is 22.7 Å². The Morgan fingerprint density at radius 1 is 0.966 bits per heavy atom. The molecule has 0 fully saturated rings. The average Bonchev–Trinajstić information content (AvgIpc) is 3.11. The number of aryl methyl sites for hydroxylation is 1. The Labute approximate surface area is 171 Å². The van der Waals surface area contributed by atoms with E-state index in [-0.39, 0.29) is 11.7 Å². The van der Waals surface area contributed by atoms with E-state index < -0.39 is 0 Å². The lowest BCUT2D eigenvalue weighted by Gasteiger charge is -2.34. The minimum atomic E-state index is -0.330. The molecule has 4 aromatic rings. The minimum Gasteiger partial charge on any atom is -0.422 e. The zero-order valence-corrected chi connectivity index (χ0v) is 16.4. The number of rotatable bonds is 1. The van der Waals surface area contributed by atoms with Crippen LogP contribution in [-0.4, -0.2) is 5.17 Å². The highest BCUT2D eigenvalue weighted by Gasteiger charge is 2.41. The molecule has 0 saturated heterocycles. The highest BCUT2D eigenvalue weighted by atomic mass is 32.2. The molecule has 0 bridgehead atoms. The van der Waals surface area contributed by atoms with Crippen molar-refractivity contribution in [3.63, 3.8) is 0 Å². The van der Waals surface area contributed by atoms with E-state index in [4.69, 9.17) is 9.41 Å². The summed E-state index contributed by atoms with van der Waals surface area (Å²) in [7, 11) is 0. The number of hydrogen-bond acceptors (Lipinski definition) is 5. The summed E-state index contributed by atoms with van der Waals surface area (Å²) in [6.45, 7) is 2.08. The van der Waals surface area contributed by atoms with E-state index in [0.717, 1.165) is 38.0 Å².